The van der Waals surface area contributed by atoms with Crippen molar-refractivity contribution in [1.29, 1.82) is 0 Å². The molecule has 2 aromatic carbocycles. The lowest BCUT2D eigenvalue weighted by Crippen LogP contribution is -2.12. The van der Waals surface area contributed by atoms with Gasteiger partial charge in [-0.3, -0.25) is 10.1 Å². The molecule has 0 fully saturated rings. The highest BCUT2D eigenvalue weighted by atomic mass is 35.5. The SMILES string of the molecule is CCC(Nc1cc(Cl)ccc1[N+](=O)[O-])c1ccccc1F. The highest BCUT2D eigenvalue weighted by Crippen LogP contribution is 2.32. The van der Waals surface area contributed by atoms with Crippen LogP contribution in [0, 0.1) is 15.9 Å². The summed E-state index contributed by atoms with van der Waals surface area (Å²) in [6.07, 6.45) is 0.574. The largest absolute Gasteiger partial charge is 0.373 e. The van der Waals surface area contributed by atoms with Gasteiger partial charge in [-0.2, -0.15) is 0 Å². The van der Waals surface area contributed by atoms with Crippen LogP contribution in [0.25, 0.3) is 0 Å². The van der Waals surface area contributed by atoms with Crippen molar-refractivity contribution in [3.8, 4) is 0 Å². The van der Waals surface area contributed by atoms with Gasteiger partial charge >= 0.3 is 0 Å². The molecule has 0 heterocycles. The standard InChI is InChI=1S/C15H14ClFN2O2/c1-2-13(11-5-3-4-6-12(11)17)18-14-9-10(16)7-8-15(14)19(20)21/h3-9,13,18H,2H2,1H3. The van der Waals surface area contributed by atoms with Gasteiger partial charge in [-0.15, -0.1) is 0 Å². The molecule has 0 saturated carbocycles. The van der Waals surface area contributed by atoms with E-state index in [9.17, 15) is 14.5 Å². The third kappa shape index (κ3) is 3.49. The first-order valence-corrected chi connectivity index (χ1v) is 6.85. The van der Waals surface area contributed by atoms with Crippen molar-refractivity contribution < 1.29 is 9.31 Å². The fraction of sp³-hybridized carbons (Fsp3) is 0.200. The number of rotatable bonds is 5. The number of nitro benzene ring substituents is 1. The molecule has 1 N–H and O–H groups in total. The average molecular weight is 309 g/mol. The first-order chi connectivity index (χ1) is 10.0. The van der Waals surface area contributed by atoms with E-state index in [1.165, 1.54) is 24.3 Å². The highest BCUT2D eigenvalue weighted by molar-refractivity contribution is 6.31. The number of nitro groups is 1. The second-order valence-corrected chi connectivity index (χ2v) is 4.98. The first kappa shape index (κ1) is 15.3. The van der Waals surface area contributed by atoms with Crippen LogP contribution in [0.1, 0.15) is 24.9 Å². The van der Waals surface area contributed by atoms with Crippen molar-refractivity contribution in [2.75, 3.05) is 5.32 Å². The summed E-state index contributed by atoms with van der Waals surface area (Å²) in [6, 6.07) is 10.3. The Morgan fingerprint density at radius 3 is 2.67 bits per heavy atom. The van der Waals surface area contributed by atoms with E-state index in [0.717, 1.165) is 0 Å². The van der Waals surface area contributed by atoms with Gasteiger partial charge in [0.1, 0.15) is 11.5 Å². The summed E-state index contributed by atoms with van der Waals surface area (Å²) < 4.78 is 13.9. The first-order valence-electron chi connectivity index (χ1n) is 6.47. The molecule has 0 saturated heterocycles. The number of halogens is 2. The van der Waals surface area contributed by atoms with Gasteiger partial charge in [0.05, 0.1) is 11.0 Å². The predicted molar refractivity (Wildman–Crippen MR) is 81.2 cm³/mol. The van der Waals surface area contributed by atoms with Crippen LogP contribution in [-0.2, 0) is 0 Å². The summed E-state index contributed by atoms with van der Waals surface area (Å²) in [5.74, 6) is -0.346. The van der Waals surface area contributed by atoms with Crippen LogP contribution >= 0.6 is 11.6 Å². The van der Waals surface area contributed by atoms with Crippen LogP contribution in [0.2, 0.25) is 5.02 Å². The lowest BCUT2D eigenvalue weighted by Gasteiger charge is -2.19. The molecule has 1 unspecified atom stereocenters. The third-order valence-electron chi connectivity index (χ3n) is 3.17. The van der Waals surface area contributed by atoms with Gasteiger partial charge < -0.3 is 5.32 Å². The normalized spacial score (nSPS) is 12.0. The highest BCUT2D eigenvalue weighted by Gasteiger charge is 2.19. The maximum atomic E-state index is 13.9. The second-order valence-electron chi connectivity index (χ2n) is 4.55. The van der Waals surface area contributed by atoms with Gasteiger partial charge in [0.2, 0.25) is 0 Å². The molecule has 0 aliphatic carbocycles. The topological polar surface area (TPSA) is 55.2 Å². The smallest absolute Gasteiger partial charge is 0.292 e. The number of nitrogens with zero attached hydrogens (tertiary/aromatic N) is 1. The molecular weight excluding hydrogens is 295 g/mol. The van der Waals surface area contributed by atoms with Crippen LogP contribution in [-0.4, -0.2) is 4.92 Å². The minimum Gasteiger partial charge on any atom is -0.373 e. The minimum absolute atomic E-state index is 0.0887. The summed E-state index contributed by atoms with van der Waals surface area (Å²) in [5, 5.41) is 14.4. The summed E-state index contributed by atoms with van der Waals surface area (Å²) in [5.41, 5.74) is 0.658. The lowest BCUT2D eigenvalue weighted by molar-refractivity contribution is -0.384. The van der Waals surface area contributed by atoms with Gasteiger partial charge in [0.15, 0.2) is 0 Å². The number of anilines is 1. The van der Waals surface area contributed by atoms with Crippen LogP contribution in [0.4, 0.5) is 15.8 Å². The van der Waals surface area contributed by atoms with Gasteiger partial charge in [0.25, 0.3) is 5.69 Å². The van der Waals surface area contributed by atoms with Crippen LogP contribution < -0.4 is 5.32 Å². The Balaban J connectivity index is 2.37. The Hall–Kier alpha value is -2.14. The Kier molecular flexibility index (Phi) is 4.75. The van der Waals surface area contributed by atoms with Crippen molar-refractivity contribution in [1.82, 2.24) is 0 Å². The molecular formula is C15H14ClFN2O2. The Morgan fingerprint density at radius 2 is 2.05 bits per heavy atom. The van der Waals surface area contributed by atoms with E-state index in [2.05, 4.69) is 5.32 Å². The zero-order chi connectivity index (χ0) is 15.4. The molecule has 0 aliphatic heterocycles. The Bertz CT molecular complexity index is 664. The number of hydrogen-bond acceptors (Lipinski definition) is 3. The van der Waals surface area contributed by atoms with Crippen LogP contribution in [0.5, 0.6) is 0 Å². The van der Waals surface area contributed by atoms with E-state index >= 15 is 0 Å². The Morgan fingerprint density at radius 1 is 1.33 bits per heavy atom. The molecule has 21 heavy (non-hydrogen) atoms. The van der Waals surface area contributed by atoms with Crippen molar-refractivity contribution in [2.24, 2.45) is 0 Å². The van der Waals surface area contributed by atoms with Crippen molar-refractivity contribution >= 4 is 23.0 Å². The van der Waals surface area contributed by atoms with E-state index in [-0.39, 0.29) is 23.2 Å². The summed E-state index contributed by atoms with van der Waals surface area (Å²) in [4.78, 5) is 10.6. The maximum absolute atomic E-state index is 13.9. The zero-order valence-electron chi connectivity index (χ0n) is 11.3. The molecule has 0 amide bonds. The molecule has 0 aromatic heterocycles. The number of nitrogens with one attached hydrogen (secondary N) is 1. The van der Waals surface area contributed by atoms with Crippen molar-refractivity contribution in [2.45, 2.75) is 19.4 Å². The van der Waals surface area contributed by atoms with E-state index in [0.29, 0.717) is 17.0 Å². The molecule has 0 aliphatic rings. The van der Waals surface area contributed by atoms with E-state index in [1.807, 2.05) is 6.92 Å². The third-order valence-corrected chi connectivity index (χ3v) is 3.41. The molecule has 2 rings (SSSR count). The Labute approximate surface area is 126 Å². The van der Waals surface area contributed by atoms with Crippen molar-refractivity contribution in [3.63, 3.8) is 0 Å². The molecule has 0 radical (unpaired) electrons. The average Bonchev–Trinajstić information content (AvgIpc) is 2.45. The fourth-order valence-corrected chi connectivity index (χ4v) is 2.30. The van der Waals surface area contributed by atoms with Gasteiger partial charge in [-0.1, -0.05) is 36.7 Å². The summed E-state index contributed by atoms with van der Waals surface area (Å²) in [7, 11) is 0. The van der Waals surface area contributed by atoms with E-state index in [4.69, 9.17) is 11.6 Å². The summed E-state index contributed by atoms with van der Waals surface area (Å²) in [6.45, 7) is 1.88. The van der Waals surface area contributed by atoms with Gasteiger partial charge in [0, 0.05) is 16.7 Å². The molecule has 1 atom stereocenters. The van der Waals surface area contributed by atoms with E-state index in [1.54, 1.807) is 18.2 Å². The maximum Gasteiger partial charge on any atom is 0.292 e. The van der Waals surface area contributed by atoms with Gasteiger partial charge in [-0.25, -0.2) is 4.39 Å². The molecule has 0 spiro atoms. The minimum atomic E-state index is -0.493. The zero-order valence-corrected chi connectivity index (χ0v) is 12.1. The fourth-order valence-electron chi connectivity index (χ4n) is 2.13. The second kappa shape index (κ2) is 6.54. The number of benzene rings is 2. The van der Waals surface area contributed by atoms with E-state index < -0.39 is 4.92 Å². The lowest BCUT2D eigenvalue weighted by atomic mass is 10.0. The predicted octanol–water partition coefficient (Wildman–Crippen LogP) is 4.95. The quantitative estimate of drug-likeness (QED) is 0.628. The van der Waals surface area contributed by atoms with Crippen LogP contribution in [0.3, 0.4) is 0 Å². The number of hydrogen-bond donors (Lipinski definition) is 1. The van der Waals surface area contributed by atoms with Crippen molar-refractivity contribution in [3.05, 3.63) is 69.0 Å². The monoisotopic (exact) mass is 308 g/mol. The molecule has 0 bridgehead atoms. The summed E-state index contributed by atoms with van der Waals surface area (Å²) >= 11 is 5.89. The molecule has 110 valence electrons. The molecule has 6 heteroatoms. The molecule has 4 nitrogen and oxygen atoms in total. The van der Waals surface area contributed by atoms with Crippen LogP contribution in [0.15, 0.2) is 42.5 Å². The molecule has 2 aromatic rings. The van der Waals surface area contributed by atoms with Gasteiger partial charge in [-0.05, 0) is 24.6 Å².